The van der Waals surface area contributed by atoms with Crippen LogP contribution in [0.25, 0.3) is 11.3 Å². The van der Waals surface area contributed by atoms with Gasteiger partial charge in [-0.05, 0) is 56.5 Å². The van der Waals surface area contributed by atoms with E-state index in [1.54, 1.807) is 12.4 Å². The van der Waals surface area contributed by atoms with Crippen molar-refractivity contribution in [1.82, 2.24) is 15.3 Å². The van der Waals surface area contributed by atoms with Gasteiger partial charge < -0.3 is 15.0 Å². The molecule has 0 saturated carbocycles. The van der Waals surface area contributed by atoms with Crippen LogP contribution in [0.3, 0.4) is 0 Å². The van der Waals surface area contributed by atoms with Gasteiger partial charge in [-0.25, -0.2) is 4.98 Å². The van der Waals surface area contributed by atoms with Crippen molar-refractivity contribution in [3.63, 3.8) is 0 Å². The quantitative estimate of drug-likeness (QED) is 0.608. The molecule has 2 heterocycles. The maximum absolute atomic E-state index is 12.7. The van der Waals surface area contributed by atoms with Gasteiger partial charge in [0.25, 0.3) is 5.91 Å². The molecule has 1 amide bonds. The summed E-state index contributed by atoms with van der Waals surface area (Å²) in [6.07, 6.45) is 5.82. The first-order chi connectivity index (χ1) is 15.2. The van der Waals surface area contributed by atoms with E-state index in [2.05, 4.69) is 20.2 Å². The molecule has 4 rings (SSSR count). The lowest BCUT2D eigenvalue weighted by molar-refractivity contribution is 0.0940. The molecule has 1 N–H and O–H groups in total. The number of hydrogen-bond donors (Lipinski definition) is 1. The molecular weight excluding hydrogens is 388 g/mol. The molecule has 0 spiro atoms. The first kappa shape index (κ1) is 20.8. The highest BCUT2D eigenvalue weighted by Gasteiger charge is 2.19. The topological polar surface area (TPSA) is 67.3 Å². The number of benzene rings is 2. The summed E-state index contributed by atoms with van der Waals surface area (Å²) in [7, 11) is 0. The van der Waals surface area contributed by atoms with Crippen molar-refractivity contribution >= 4 is 11.7 Å². The number of ether oxygens (including phenoxy) is 1. The van der Waals surface area contributed by atoms with Gasteiger partial charge in [0.1, 0.15) is 11.4 Å². The van der Waals surface area contributed by atoms with Gasteiger partial charge in [0, 0.05) is 36.6 Å². The molecule has 1 aliphatic rings. The van der Waals surface area contributed by atoms with Gasteiger partial charge in [-0.15, -0.1) is 0 Å². The van der Waals surface area contributed by atoms with Crippen LogP contribution in [0.2, 0.25) is 0 Å². The zero-order valence-corrected chi connectivity index (χ0v) is 18.0. The summed E-state index contributed by atoms with van der Waals surface area (Å²) in [6, 6.07) is 15.3. The highest BCUT2D eigenvalue weighted by atomic mass is 16.5. The van der Waals surface area contributed by atoms with Crippen molar-refractivity contribution in [2.45, 2.75) is 32.7 Å². The fourth-order valence-electron chi connectivity index (χ4n) is 3.86. The van der Waals surface area contributed by atoms with E-state index in [0.29, 0.717) is 12.2 Å². The molecule has 6 heteroatoms. The minimum atomic E-state index is -0.107. The van der Waals surface area contributed by atoms with Crippen LogP contribution in [-0.4, -0.2) is 35.6 Å². The number of amides is 1. The van der Waals surface area contributed by atoms with Gasteiger partial charge in [0.05, 0.1) is 12.6 Å². The predicted molar refractivity (Wildman–Crippen MR) is 122 cm³/mol. The van der Waals surface area contributed by atoms with Gasteiger partial charge >= 0.3 is 0 Å². The lowest BCUT2D eigenvalue weighted by atomic mass is 10.1. The van der Waals surface area contributed by atoms with Crippen LogP contribution in [0, 0.1) is 0 Å². The van der Waals surface area contributed by atoms with E-state index in [1.807, 2.05) is 62.4 Å². The standard InChI is InChI=1S/C25H28N4O2/c1-3-31-22-12-10-19(11-13-22)18(2)28-25(30)21-8-6-20(7-9-21)23-24(27-15-14-26-23)29-16-4-5-17-29/h6-15,18H,3-5,16-17H2,1-2H3,(H,28,30). The van der Waals surface area contributed by atoms with E-state index in [-0.39, 0.29) is 11.9 Å². The second kappa shape index (κ2) is 9.60. The number of aromatic nitrogens is 2. The number of hydrogen-bond acceptors (Lipinski definition) is 5. The van der Waals surface area contributed by atoms with E-state index in [0.717, 1.165) is 41.5 Å². The molecule has 1 saturated heterocycles. The Labute approximate surface area is 183 Å². The zero-order valence-electron chi connectivity index (χ0n) is 18.0. The Morgan fingerprint density at radius 1 is 1.03 bits per heavy atom. The third-order valence-corrected chi connectivity index (χ3v) is 5.54. The Bertz CT molecular complexity index is 1010. The first-order valence-corrected chi connectivity index (χ1v) is 10.9. The second-order valence-electron chi connectivity index (χ2n) is 7.70. The van der Waals surface area contributed by atoms with Gasteiger partial charge in [0.15, 0.2) is 5.82 Å². The normalized spacial score (nSPS) is 14.3. The molecule has 0 aliphatic carbocycles. The van der Waals surface area contributed by atoms with E-state index in [4.69, 9.17) is 4.74 Å². The summed E-state index contributed by atoms with van der Waals surface area (Å²) in [5, 5.41) is 3.06. The Morgan fingerprint density at radius 3 is 2.39 bits per heavy atom. The molecule has 1 unspecified atom stereocenters. The SMILES string of the molecule is CCOc1ccc(C(C)NC(=O)c2ccc(-c3nccnc3N3CCCC3)cc2)cc1. The largest absolute Gasteiger partial charge is 0.494 e. The summed E-state index contributed by atoms with van der Waals surface area (Å²) in [6.45, 7) is 6.59. The van der Waals surface area contributed by atoms with Gasteiger partial charge in [-0.1, -0.05) is 24.3 Å². The van der Waals surface area contributed by atoms with E-state index < -0.39 is 0 Å². The fraction of sp³-hybridized carbons (Fsp3) is 0.320. The van der Waals surface area contributed by atoms with E-state index in [9.17, 15) is 4.79 Å². The fourth-order valence-corrected chi connectivity index (χ4v) is 3.86. The van der Waals surface area contributed by atoms with Crippen molar-refractivity contribution in [3.8, 4) is 17.0 Å². The third-order valence-electron chi connectivity index (χ3n) is 5.54. The average molecular weight is 417 g/mol. The smallest absolute Gasteiger partial charge is 0.251 e. The van der Waals surface area contributed by atoms with Crippen LogP contribution in [0.5, 0.6) is 5.75 Å². The van der Waals surface area contributed by atoms with Crippen LogP contribution >= 0.6 is 0 Å². The van der Waals surface area contributed by atoms with Crippen molar-refractivity contribution in [2.24, 2.45) is 0 Å². The van der Waals surface area contributed by atoms with Crippen LogP contribution in [-0.2, 0) is 0 Å². The number of nitrogens with one attached hydrogen (secondary N) is 1. The van der Waals surface area contributed by atoms with Crippen LogP contribution in [0.1, 0.15) is 48.7 Å². The molecule has 0 bridgehead atoms. The van der Waals surface area contributed by atoms with Gasteiger partial charge in [-0.3, -0.25) is 9.78 Å². The van der Waals surface area contributed by atoms with Crippen LogP contribution < -0.4 is 15.0 Å². The van der Waals surface area contributed by atoms with Crippen LogP contribution in [0.15, 0.2) is 60.9 Å². The molecule has 3 aromatic rings. The Morgan fingerprint density at radius 2 is 1.71 bits per heavy atom. The number of rotatable bonds is 7. The van der Waals surface area contributed by atoms with Gasteiger partial charge in [-0.2, -0.15) is 0 Å². The van der Waals surface area contributed by atoms with Crippen molar-refractivity contribution in [3.05, 3.63) is 72.1 Å². The van der Waals surface area contributed by atoms with Crippen molar-refractivity contribution in [1.29, 1.82) is 0 Å². The summed E-state index contributed by atoms with van der Waals surface area (Å²) >= 11 is 0. The average Bonchev–Trinajstić information content (AvgIpc) is 3.35. The lowest BCUT2D eigenvalue weighted by Crippen LogP contribution is -2.26. The molecule has 6 nitrogen and oxygen atoms in total. The Hall–Kier alpha value is -3.41. The lowest BCUT2D eigenvalue weighted by Gasteiger charge is -2.19. The molecule has 1 atom stereocenters. The van der Waals surface area contributed by atoms with Crippen LogP contribution in [0.4, 0.5) is 5.82 Å². The maximum Gasteiger partial charge on any atom is 0.251 e. The minimum Gasteiger partial charge on any atom is -0.494 e. The Kier molecular flexibility index (Phi) is 6.46. The second-order valence-corrected chi connectivity index (χ2v) is 7.70. The molecule has 1 aromatic heterocycles. The van der Waals surface area contributed by atoms with E-state index in [1.165, 1.54) is 12.8 Å². The highest BCUT2D eigenvalue weighted by molar-refractivity contribution is 5.95. The molecule has 1 aliphatic heterocycles. The first-order valence-electron chi connectivity index (χ1n) is 10.9. The molecule has 1 fully saturated rings. The number of anilines is 1. The van der Waals surface area contributed by atoms with E-state index >= 15 is 0 Å². The van der Waals surface area contributed by atoms with Crippen molar-refractivity contribution < 1.29 is 9.53 Å². The monoisotopic (exact) mass is 416 g/mol. The van der Waals surface area contributed by atoms with Gasteiger partial charge in [0.2, 0.25) is 0 Å². The molecule has 2 aromatic carbocycles. The number of carbonyl (C=O) groups is 1. The molecule has 0 radical (unpaired) electrons. The summed E-state index contributed by atoms with van der Waals surface area (Å²) in [5.41, 5.74) is 3.47. The zero-order chi connectivity index (χ0) is 21.6. The summed E-state index contributed by atoms with van der Waals surface area (Å²) < 4.78 is 5.48. The summed E-state index contributed by atoms with van der Waals surface area (Å²) in [4.78, 5) is 24.2. The van der Waals surface area contributed by atoms with Crippen molar-refractivity contribution in [2.75, 3.05) is 24.6 Å². The molecule has 160 valence electrons. The molecule has 31 heavy (non-hydrogen) atoms. The maximum atomic E-state index is 12.7. The predicted octanol–water partition coefficient (Wildman–Crippen LogP) is 4.63. The number of nitrogens with zero attached hydrogens (tertiary/aromatic N) is 3. The Balaban J connectivity index is 1.45. The minimum absolute atomic E-state index is 0.105. The summed E-state index contributed by atoms with van der Waals surface area (Å²) in [5.74, 6) is 1.64. The highest BCUT2D eigenvalue weighted by Crippen LogP contribution is 2.29. The number of carbonyl (C=O) groups excluding carboxylic acids is 1. The molecular formula is C25H28N4O2. The third kappa shape index (κ3) is 4.85.